The molecule has 3 N–H and O–H groups in total. The molecule has 2 aromatic heterocycles. The summed E-state index contributed by atoms with van der Waals surface area (Å²) in [7, 11) is 0. The minimum atomic E-state index is -0.372. The van der Waals surface area contributed by atoms with Crippen LogP contribution in [0.4, 0.5) is 11.5 Å². The van der Waals surface area contributed by atoms with Crippen LogP contribution in [0.15, 0.2) is 48.5 Å². The van der Waals surface area contributed by atoms with Gasteiger partial charge in [0.25, 0.3) is 5.69 Å². The van der Waals surface area contributed by atoms with E-state index in [0.717, 1.165) is 57.9 Å². The molecule has 6 nitrogen and oxygen atoms in total. The number of aryl methyl sites for hydroxylation is 1. The highest BCUT2D eigenvalue weighted by molar-refractivity contribution is 6.08. The first-order valence-corrected chi connectivity index (χ1v) is 9.52. The molecule has 142 valence electrons. The molecule has 0 aliphatic carbocycles. The number of aromatic nitrogens is 2. The Hall–Kier alpha value is -3.41. The summed E-state index contributed by atoms with van der Waals surface area (Å²) >= 11 is 0. The maximum atomic E-state index is 11.1. The Kier molecular flexibility index (Phi) is 4.69. The van der Waals surface area contributed by atoms with Crippen molar-refractivity contribution in [3.05, 3.63) is 64.2 Å². The number of nitrogens with zero attached hydrogens (tertiary/aromatic N) is 2. The van der Waals surface area contributed by atoms with Crippen molar-refractivity contribution in [1.29, 1.82) is 0 Å². The zero-order chi connectivity index (χ0) is 19.7. The number of nitrogens with two attached hydrogens (primary N) is 1. The van der Waals surface area contributed by atoms with Crippen molar-refractivity contribution >= 4 is 33.4 Å². The molecule has 4 rings (SSSR count). The standard InChI is InChI=1S/C22H22N4O2/c1-2-3-4-6-16-13-19-18-12-15(14-7-5-8-17(11-14)26(27)28)9-10-20(18)24-22(19)25-21(16)23/h5,7-13H,2-4,6H2,1H3,(H3,23,24,25). The van der Waals surface area contributed by atoms with Crippen LogP contribution in [0.1, 0.15) is 31.7 Å². The van der Waals surface area contributed by atoms with Crippen molar-refractivity contribution in [2.24, 2.45) is 0 Å². The lowest BCUT2D eigenvalue weighted by Gasteiger charge is -2.05. The lowest BCUT2D eigenvalue weighted by Crippen LogP contribution is -1.98. The zero-order valence-electron chi connectivity index (χ0n) is 15.7. The minimum absolute atomic E-state index is 0.0872. The fourth-order valence-corrected chi connectivity index (χ4v) is 3.62. The van der Waals surface area contributed by atoms with Gasteiger partial charge in [-0.05, 0) is 47.7 Å². The number of fused-ring (bicyclic) bond motifs is 3. The van der Waals surface area contributed by atoms with Gasteiger partial charge in [-0.25, -0.2) is 4.98 Å². The zero-order valence-corrected chi connectivity index (χ0v) is 15.7. The van der Waals surface area contributed by atoms with E-state index in [9.17, 15) is 10.1 Å². The summed E-state index contributed by atoms with van der Waals surface area (Å²) in [6, 6.07) is 14.8. The molecule has 0 saturated heterocycles. The average Bonchev–Trinajstić information content (AvgIpc) is 3.04. The van der Waals surface area contributed by atoms with Crippen molar-refractivity contribution in [3.63, 3.8) is 0 Å². The summed E-state index contributed by atoms with van der Waals surface area (Å²) in [5.41, 5.74) is 10.8. The summed E-state index contributed by atoms with van der Waals surface area (Å²) in [4.78, 5) is 18.6. The van der Waals surface area contributed by atoms with E-state index >= 15 is 0 Å². The minimum Gasteiger partial charge on any atom is -0.383 e. The number of benzene rings is 2. The van der Waals surface area contributed by atoms with Crippen LogP contribution in [0.5, 0.6) is 0 Å². The molecule has 0 radical (unpaired) electrons. The Balaban J connectivity index is 1.81. The molecule has 4 aromatic rings. The van der Waals surface area contributed by atoms with Gasteiger partial charge in [0.15, 0.2) is 0 Å². The summed E-state index contributed by atoms with van der Waals surface area (Å²) in [5, 5.41) is 13.2. The number of hydrogen-bond acceptors (Lipinski definition) is 4. The van der Waals surface area contributed by atoms with E-state index < -0.39 is 0 Å². The third-order valence-electron chi connectivity index (χ3n) is 5.14. The van der Waals surface area contributed by atoms with Crippen LogP contribution in [0.25, 0.3) is 33.1 Å². The highest BCUT2D eigenvalue weighted by atomic mass is 16.6. The van der Waals surface area contributed by atoms with Crippen LogP contribution in [-0.4, -0.2) is 14.9 Å². The Bertz CT molecular complexity index is 1180. The second kappa shape index (κ2) is 7.31. The Morgan fingerprint density at radius 1 is 1.07 bits per heavy atom. The van der Waals surface area contributed by atoms with E-state index in [1.807, 2.05) is 18.2 Å². The summed E-state index contributed by atoms with van der Waals surface area (Å²) < 4.78 is 0. The third-order valence-corrected chi connectivity index (χ3v) is 5.14. The number of pyridine rings is 1. The summed E-state index contributed by atoms with van der Waals surface area (Å²) in [5.74, 6) is 0.578. The van der Waals surface area contributed by atoms with Gasteiger partial charge in [-0.1, -0.05) is 38.0 Å². The second-order valence-corrected chi connectivity index (χ2v) is 7.08. The molecule has 28 heavy (non-hydrogen) atoms. The first-order valence-electron chi connectivity index (χ1n) is 9.52. The quantitative estimate of drug-likeness (QED) is 0.260. The molecule has 0 aliphatic heterocycles. The molecule has 2 heterocycles. The number of unbranched alkanes of at least 4 members (excludes halogenated alkanes) is 2. The first kappa shape index (κ1) is 18.0. The van der Waals surface area contributed by atoms with Gasteiger partial charge in [0.2, 0.25) is 0 Å². The lowest BCUT2D eigenvalue weighted by molar-refractivity contribution is -0.384. The molecule has 6 heteroatoms. The lowest BCUT2D eigenvalue weighted by atomic mass is 10.0. The molecule has 0 bridgehead atoms. The van der Waals surface area contributed by atoms with Gasteiger partial charge in [0.1, 0.15) is 11.5 Å². The molecule has 2 aromatic carbocycles. The highest BCUT2D eigenvalue weighted by Gasteiger charge is 2.12. The Labute approximate surface area is 162 Å². The van der Waals surface area contributed by atoms with Gasteiger partial charge in [-0.3, -0.25) is 10.1 Å². The van der Waals surface area contributed by atoms with Gasteiger partial charge in [0.05, 0.1) is 4.92 Å². The number of nitro benzene ring substituents is 1. The highest BCUT2D eigenvalue weighted by Crippen LogP contribution is 2.32. The van der Waals surface area contributed by atoms with Crippen LogP contribution >= 0.6 is 0 Å². The number of anilines is 1. The first-order chi connectivity index (χ1) is 13.6. The van der Waals surface area contributed by atoms with Crippen LogP contribution in [0, 0.1) is 10.1 Å². The topological polar surface area (TPSA) is 97.8 Å². The molecule has 0 saturated carbocycles. The maximum Gasteiger partial charge on any atom is 0.270 e. The summed E-state index contributed by atoms with van der Waals surface area (Å²) in [6.07, 6.45) is 4.34. The molecular weight excluding hydrogens is 352 g/mol. The number of aromatic amines is 1. The number of hydrogen-bond donors (Lipinski definition) is 2. The van der Waals surface area contributed by atoms with E-state index in [1.165, 1.54) is 12.5 Å². The van der Waals surface area contributed by atoms with Crippen molar-refractivity contribution in [2.75, 3.05) is 5.73 Å². The van der Waals surface area contributed by atoms with Gasteiger partial charge >= 0.3 is 0 Å². The number of rotatable bonds is 6. The molecule has 0 unspecified atom stereocenters. The Morgan fingerprint density at radius 3 is 2.68 bits per heavy atom. The monoisotopic (exact) mass is 374 g/mol. The molecule has 0 aliphatic rings. The van der Waals surface area contributed by atoms with Gasteiger partial charge < -0.3 is 10.7 Å². The molecular formula is C22H22N4O2. The van der Waals surface area contributed by atoms with Crippen molar-refractivity contribution < 1.29 is 4.92 Å². The van der Waals surface area contributed by atoms with E-state index in [0.29, 0.717) is 5.82 Å². The van der Waals surface area contributed by atoms with E-state index in [1.54, 1.807) is 12.1 Å². The normalized spacial score (nSPS) is 11.3. The molecule has 0 amide bonds. The number of H-pyrrole nitrogens is 1. The smallest absolute Gasteiger partial charge is 0.270 e. The van der Waals surface area contributed by atoms with Gasteiger partial charge in [-0.2, -0.15) is 0 Å². The predicted octanol–water partition coefficient (Wildman–Crippen LogP) is 5.61. The Morgan fingerprint density at radius 2 is 1.89 bits per heavy atom. The number of nitrogens with one attached hydrogen (secondary N) is 1. The van der Waals surface area contributed by atoms with E-state index in [2.05, 4.69) is 29.0 Å². The number of non-ortho nitro benzene ring substituents is 1. The number of nitrogen functional groups attached to an aromatic ring is 1. The van der Waals surface area contributed by atoms with E-state index in [-0.39, 0.29) is 10.6 Å². The van der Waals surface area contributed by atoms with Crippen molar-refractivity contribution in [2.45, 2.75) is 32.6 Å². The van der Waals surface area contributed by atoms with Crippen molar-refractivity contribution in [1.82, 2.24) is 9.97 Å². The van der Waals surface area contributed by atoms with Crippen LogP contribution in [0.3, 0.4) is 0 Å². The third kappa shape index (κ3) is 3.29. The SMILES string of the molecule is CCCCCc1cc2c(nc1N)[nH]c1ccc(-c3cccc([N+](=O)[O-])c3)cc12. The van der Waals surface area contributed by atoms with Gasteiger partial charge in [-0.15, -0.1) is 0 Å². The molecule has 0 spiro atoms. The van der Waals surface area contributed by atoms with Crippen LogP contribution in [0.2, 0.25) is 0 Å². The largest absolute Gasteiger partial charge is 0.383 e. The summed E-state index contributed by atoms with van der Waals surface area (Å²) in [6.45, 7) is 2.18. The number of nitro groups is 1. The second-order valence-electron chi connectivity index (χ2n) is 7.08. The average molecular weight is 374 g/mol. The van der Waals surface area contributed by atoms with Crippen molar-refractivity contribution in [3.8, 4) is 11.1 Å². The predicted molar refractivity (Wildman–Crippen MR) is 113 cm³/mol. The molecule has 0 fully saturated rings. The van der Waals surface area contributed by atoms with Crippen LogP contribution in [-0.2, 0) is 6.42 Å². The molecule has 0 atom stereocenters. The maximum absolute atomic E-state index is 11.1. The fraction of sp³-hybridized carbons (Fsp3) is 0.227. The van der Waals surface area contributed by atoms with E-state index in [4.69, 9.17) is 5.73 Å². The fourth-order valence-electron chi connectivity index (χ4n) is 3.62. The van der Waals surface area contributed by atoms with Gasteiger partial charge in [0, 0.05) is 28.4 Å². The van der Waals surface area contributed by atoms with Crippen LogP contribution < -0.4 is 5.73 Å².